The van der Waals surface area contributed by atoms with E-state index in [4.69, 9.17) is 9.47 Å². The molecule has 1 rings (SSSR count). The molecule has 0 bridgehead atoms. The van der Waals surface area contributed by atoms with Crippen molar-refractivity contribution >= 4 is 17.8 Å². The zero-order valence-electron chi connectivity index (χ0n) is 14.7. The first-order valence-electron chi connectivity index (χ1n) is 7.98. The number of unbranched alkanes of at least 4 members (excludes halogenated alkanes) is 1. The molecular formula is C18H25NO5. The number of carbonyl (C=O) groups excluding carboxylic acids is 3. The highest BCUT2D eigenvalue weighted by Crippen LogP contribution is 2.08. The standard InChI is InChI=1S/C18H25NO5/c1-5-6-11-23-15(20)12-24-17(22)14-9-7-13(8-10-14)16(21)19-18(2,3)4/h7-10H,5-6,11-12H2,1-4H3,(H,19,21). The van der Waals surface area contributed by atoms with E-state index in [0.29, 0.717) is 12.2 Å². The zero-order valence-corrected chi connectivity index (χ0v) is 14.7. The van der Waals surface area contributed by atoms with Crippen molar-refractivity contribution in [3.05, 3.63) is 35.4 Å². The van der Waals surface area contributed by atoms with Crippen molar-refractivity contribution in [2.75, 3.05) is 13.2 Å². The van der Waals surface area contributed by atoms with E-state index in [1.807, 2.05) is 27.7 Å². The van der Waals surface area contributed by atoms with E-state index in [0.717, 1.165) is 12.8 Å². The predicted molar refractivity (Wildman–Crippen MR) is 89.8 cm³/mol. The van der Waals surface area contributed by atoms with Crippen LogP contribution in [0.15, 0.2) is 24.3 Å². The molecule has 1 aromatic rings. The summed E-state index contributed by atoms with van der Waals surface area (Å²) >= 11 is 0. The van der Waals surface area contributed by atoms with Gasteiger partial charge in [0.15, 0.2) is 6.61 Å². The summed E-state index contributed by atoms with van der Waals surface area (Å²) in [7, 11) is 0. The average molecular weight is 335 g/mol. The third-order valence-corrected chi connectivity index (χ3v) is 2.95. The molecule has 0 unspecified atom stereocenters. The number of carbonyl (C=O) groups is 3. The smallest absolute Gasteiger partial charge is 0.344 e. The van der Waals surface area contributed by atoms with E-state index in [2.05, 4.69) is 5.32 Å². The van der Waals surface area contributed by atoms with Crippen molar-refractivity contribution in [3.63, 3.8) is 0 Å². The summed E-state index contributed by atoms with van der Waals surface area (Å²) in [5, 5.41) is 2.83. The lowest BCUT2D eigenvalue weighted by molar-refractivity contribution is -0.147. The van der Waals surface area contributed by atoms with Gasteiger partial charge in [0.1, 0.15) is 0 Å². The van der Waals surface area contributed by atoms with Gasteiger partial charge in [0.2, 0.25) is 0 Å². The minimum Gasteiger partial charge on any atom is -0.463 e. The van der Waals surface area contributed by atoms with Gasteiger partial charge >= 0.3 is 11.9 Å². The molecule has 0 aliphatic carbocycles. The molecule has 6 nitrogen and oxygen atoms in total. The number of rotatable bonds is 7. The maximum Gasteiger partial charge on any atom is 0.344 e. The Kier molecular flexibility index (Phi) is 7.42. The average Bonchev–Trinajstić information content (AvgIpc) is 2.51. The molecule has 0 aromatic heterocycles. The Labute approximate surface area is 142 Å². The number of hydrogen-bond acceptors (Lipinski definition) is 5. The molecule has 0 heterocycles. The quantitative estimate of drug-likeness (QED) is 0.612. The SMILES string of the molecule is CCCCOC(=O)COC(=O)c1ccc(C(=O)NC(C)(C)C)cc1. The lowest BCUT2D eigenvalue weighted by Gasteiger charge is -2.20. The van der Waals surface area contributed by atoms with E-state index in [1.165, 1.54) is 24.3 Å². The normalized spacial score (nSPS) is 10.8. The lowest BCUT2D eigenvalue weighted by atomic mass is 10.1. The summed E-state index contributed by atoms with van der Waals surface area (Å²) in [5.74, 6) is -1.43. The molecule has 1 amide bonds. The maximum absolute atomic E-state index is 12.0. The third-order valence-electron chi connectivity index (χ3n) is 2.95. The van der Waals surface area contributed by atoms with E-state index in [-0.39, 0.29) is 17.0 Å². The number of hydrogen-bond donors (Lipinski definition) is 1. The first kappa shape index (κ1) is 19.7. The summed E-state index contributed by atoms with van der Waals surface area (Å²) in [6, 6.07) is 6.05. The van der Waals surface area contributed by atoms with Crippen molar-refractivity contribution in [2.24, 2.45) is 0 Å². The minimum absolute atomic E-state index is 0.220. The van der Waals surface area contributed by atoms with Crippen LogP contribution in [0, 0.1) is 0 Å². The topological polar surface area (TPSA) is 81.7 Å². The van der Waals surface area contributed by atoms with Gasteiger partial charge < -0.3 is 14.8 Å². The fourth-order valence-corrected chi connectivity index (χ4v) is 1.75. The summed E-state index contributed by atoms with van der Waals surface area (Å²) in [4.78, 5) is 35.2. The molecule has 0 fully saturated rings. The van der Waals surface area contributed by atoms with E-state index in [1.54, 1.807) is 0 Å². The van der Waals surface area contributed by atoms with Crippen LogP contribution in [0.2, 0.25) is 0 Å². The summed E-state index contributed by atoms with van der Waals surface area (Å²) in [6.07, 6.45) is 1.69. The third kappa shape index (κ3) is 7.26. The van der Waals surface area contributed by atoms with Crippen LogP contribution in [-0.4, -0.2) is 36.6 Å². The molecule has 0 saturated heterocycles. The largest absolute Gasteiger partial charge is 0.463 e. The van der Waals surface area contributed by atoms with Gasteiger partial charge in [-0.2, -0.15) is 0 Å². The number of benzene rings is 1. The fourth-order valence-electron chi connectivity index (χ4n) is 1.75. The van der Waals surface area contributed by atoms with Gasteiger partial charge in [-0.1, -0.05) is 13.3 Å². The number of ether oxygens (including phenoxy) is 2. The van der Waals surface area contributed by atoms with Gasteiger partial charge in [0.05, 0.1) is 12.2 Å². The Morgan fingerprint density at radius 3 is 2.12 bits per heavy atom. The summed E-state index contributed by atoms with van der Waals surface area (Å²) < 4.78 is 9.78. The molecule has 1 aromatic carbocycles. The highest BCUT2D eigenvalue weighted by atomic mass is 16.6. The maximum atomic E-state index is 12.0. The van der Waals surface area contributed by atoms with Crippen molar-refractivity contribution < 1.29 is 23.9 Å². The van der Waals surface area contributed by atoms with Crippen LogP contribution in [-0.2, 0) is 14.3 Å². The van der Waals surface area contributed by atoms with Crippen LogP contribution in [0.3, 0.4) is 0 Å². The van der Waals surface area contributed by atoms with E-state index < -0.39 is 18.5 Å². The van der Waals surface area contributed by atoms with Gasteiger partial charge in [0, 0.05) is 11.1 Å². The van der Waals surface area contributed by atoms with Crippen LogP contribution < -0.4 is 5.32 Å². The number of amides is 1. The van der Waals surface area contributed by atoms with Crippen LogP contribution in [0.25, 0.3) is 0 Å². The second kappa shape index (κ2) is 9.05. The molecule has 0 spiro atoms. The Morgan fingerprint density at radius 2 is 1.58 bits per heavy atom. The van der Waals surface area contributed by atoms with Crippen LogP contribution in [0.4, 0.5) is 0 Å². The zero-order chi connectivity index (χ0) is 18.2. The molecule has 0 saturated carbocycles. The molecule has 6 heteroatoms. The van der Waals surface area contributed by atoms with Gasteiger partial charge in [0.25, 0.3) is 5.91 Å². The number of esters is 2. The lowest BCUT2D eigenvalue weighted by Crippen LogP contribution is -2.40. The highest BCUT2D eigenvalue weighted by Gasteiger charge is 2.16. The number of nitrogens with one attached hydrogen (secondary N) is 1. The molecule has 0 atom stereocenters. The first-order valence-corrected chi connectivity index (χ1v) is 7.98. The minimum atomic E-state index is -0.634. The highest BCUT2D eigenvalue weighted by molar-refractivity contribution is 5.96. The summed E-state index contributed by atoms with van der Waals surface area (Å²) in [6.45, 7) is 7.54. The van der Waals surface area contributed by atoms with Gasteiger partial charge in [-0.15, -0.1) is 0 Å². The van der Waals surface area contributed by atoms with Crippen LogP contribution in [0.5, 0.6) is 0 Å². The van der Waals surface area contributed by atoms with Crippen LogP contribution >= 0.6 is 0 Å². The molecule has 1 N–H and O–H groups in total. The summed E-state index contributed by atoms with van der Waals surface area (Å²) in [5.41, 5.74) is 0.372. The fraction of sp³-hybridized carbons (Fsp3) is 0.500. The van der Waals surface area contributed by atoms with Gasteiger partial charge in [-0.05, 0) is 51.5 Å². The monoisotopic (exact) mass is 335 g/mol. The first-order chi connectivity index (χ1) is 11.2. The Morgan fingerprint density at radius 1 is 1.00 bits per heavy atom. The van der Waals surface area contributed by atoms with Crippen molar-refractivity contribution in [1.82, 2.24) is 5.32 Å². The molecular weight excluding hydrogens is 310 g/mol. The molecule has 24 heavy (non-hydrogen) atoms. The Bertz CT molecular complexity index is 572. The van der Waals surface area contributed by atoms with Crippen molar-refractivity contribution in [1.29, 1.82) is 0 Å². The molecule has 0 aliphatic heterocycles. The second-order valence-corrected chi connectivity index (χ2v) is 6.43. The molecule has 0 aliphatic rings. The molecule has 132 valence electrons. The van der Waals surface area contributed by atoms with Crippen molar-refractivity contribution in [3.8, 4) is 0 Å². The van der Waals surface area contributed by atoms with E-state index >= 15 is 0 Å². The van der Waals surface area contributed by atoms with E-state index in [9.17, 15) is 14.4 Å². The van der Waals surface area contributed by atoms with Crippen molar-refractivity contribution in [2.45, 2.75) is 46.1 Å². The molecule has 0 radical (unpaired) electrons. The van der Waals surface area contributed by atoms with Crippen LogP contribution in [0.1, 0.15) is 61.3 Å². The van der Waals surface area contributed by atoms with Gasteiger partial charge in [-0.3, -0.25) is 4.79 Å². The van der Waals surface area contributed by atoms with Gasteiger partial charge in [-0.25, -0.2) is 9.59 Å². The second-order valence-electron chi connectivity index (χ2n) is 6.43. The Hall–Kier alpha value is -2.37. The Balaban J connectivity index is 2.52. The predicted octanol–water partition coefficient (Wildman–Crippen LogP) is 2.72.